The highest BCUT2D eigenvalue weighted by atomic mass is 15.0. The molecular weight excluding hydrogens is 340 g/mol. The lowest BCUT2D eigenvalue weighted by Gasteiger charge is -2.17. The van der Waals surface area contributed by atoms with Crippen LogP contribution in [0, 0.1) is 5.92 Å². The van der Waals surface area contributed by atoms with Crippen LogP contribution in [-0.4, -0.2) is 9.55 Å². The van der Waals surface area contributed by atoms with Crippen LogP contribution in [0.15, 0.2) is 48.6 Å². The summed E-state index contributed by atoms with van der Waals surface area (Å²) in [6, 6.07) is 13.3. The molecule has 1 aliphatic rings. The average Bonchev–Trinajstić information content (AvgIpc) is 3.22. The van der Waals surface area contributed by atoms with Gasteiger partial charge in [0.2, 0.25) is 0 Å². The zero-order valence-corrected chi connectivity index (χ0v) is 17.0. The van der Waals surface area contributed by atoms with E-state index in [9.17, 15) is 0 Å². The zero-order chi connectivity index (χ0) is 19.3. The number of fused-ring (bicyclic) bond motifs is 7. The summed E-state index contributed by atoms with van der Waals surface area (Å²) in [6.45, 7) is 6.87. The summed E-state index contributed by atoms with van der Waals surface area (Å²) in [5, 5.41) is 4.17. The summed E-state index contributed by atoms with van der Waals surface area (Å²) in [7, 11) is 0. The predicted molar refractivity (Wildman–Crippen MR) is 123 cm³/mol. The van der Waals surface area contributed by atoms with Gasteiger partial charge in [0.25, 0.3) is 0 Å². The Morgan fingerprint density at radius 1 is 1.11 bits per heavy atom. The van der Waals surface area contributed by atoms with Gasteiger partial charge in [-0.1, -0.05) is 51.1 Å². The fourth-order valence-corrected chi connectivity index (χ4v) is 4.90. The average molecular weight is 369 g/mol. The SMILES string of the molecule is CCC=C(CC(C)C)n1c2c(c3c4c(ccc31)[nH]c1ccccc14)CCC=C2. The van der Waals surface area contributed by atoms with Gasteiger partial charge in [-0.2, -0.15) is 0 Å². The van der Waals surface area contributed by atoms with Gasteiger partial charge in [-0.05, 0) is 61.4 Å². The van der Waals surface area contributed by atoms with Crippen molar-refractivity contribution in [1.29, 1.82) is 0 Å². The largest absolute Gasteiger partial charge is 0.354 e. The highest BCUT2D eigenvalue weighted by Crippen LogP contribution is 2.41. The van der Waals surface area contributed by atoms with E-state index in [1.807, 2.05) is 0 Å². The Morgan fingerprint density at radius 3 is 2.79 bits per heavy atom. The van der Waals surface area contributed by atoms with Crippen LogP contribution in [0.1, 0.15) is 51.3 Å². The highest BCUT2D eigenvalue weighted by Gasteiger charge is 2.22. The van der Waals surface area contributed by atoms with Gasteiger partial charge in [0.05, 0.1) is 5.52 Å². The molecule has 0 fully saturated rings. The van der Waals surface area contributed by atoms with Gasteiger partial charge in [0, 0.05) is 38.6 Å². The lowest BCUT2D eigenvalue weighted by Crippen LogP contribution is -2.05. The molecule has 5 rings (SSSR count). The molecule has 1 N–H and O–H groups in total. The van der Waals surface area contributed by atoms with E-state index in [1.165, 1.54) is 49.7 Å². The Morgan fingerprint density at radius 2 is 1.96 bits per heavy atom. The maximum Gasteiger partial charge on any atom is 0.0542 e. The second-order valence-corrected chi connectivity index (χ2v) is 8.39. The van der Waals surface area contributed by atoms with Gasteiger partial charge < -0.3 is 9.55 Å². The lowest BCUT2D eigenvalue weighted by atomic mass is 9.98. The number of hydrogen-bond acceptors (Lipinski definition) is 0. The van der Waals surface area contributed by atoms with Crippen LogP contribution in [0.25, 0.3) is 44.5 Å². The van der Waals surface area contributed by atoms with Crippen molar-refractivity contribution in [3.8, 4) is 0 Å². The van der Waals surface area contributed by atoms with Crippen molar-refractivity contribution in [3.63, 3.8) is 0 Å². The molecule has 2 aromatic heterocycles. The molecule has 0 amide bonds. The monoisotopic (exact) mass is 368 g/mol. The van der Waals surface area contributed by atoms with Crippen LogP contribution in [0.4, 0.5) is 0 Å². The number of aryl methyl sites for hydroxylation is 1. The predicted octanol–water partition coefficient (Wildman–Crippen LogP) is 7.53. The van der Waals surface area contributed by atoms with E-state index in [2.05, 4.69) is 84.9 Å². The molecule has 0 radical (unpaired) electrons. The number of allylic oxidation sites excluding steroid dienone is 3. The smallest absolute Gasteiger partial charge is 0.0542 e. The number of H-pyrrole nitrogens is 1. The van der Waals surface area contributed by atoms with Crippen molar-refractivity contribution >= 4 is 44.5 Å². The van der Waals surface area contributed by atoms with Gasteiger partial charge in [0.15, 0.2) is 0 Å². The van der Waals surface area contributed by atoms with Crippen LogP contribution in [-0.2, 0) is 6.42 Å². The zero-order valence-electron chi connectivity index (χ0n) is 17.0. The van der Waals surface area contributed by atoms with Gasteiger partial charge in [-0.15, -0.1) is 0 Å². The molecule has 0 spiro atoms. The molecule has 0 saturated heterocycles. The normalized spacial score (nSPS) is 14.6. The van der Waals surface area contributed by atoms with Gasteiger partial charge in [-0.25, -0.2) is 0 Å². The first kappa shape index (κ1) is 17.4. The number of nitrogens with one attached hydrogen (secondary N) is 1. The number of hydrogen-bond donors (Lipinski definition) is 1. The highest BCUT2D eigenvalue weighted by molar-refractivity contribution is 6.21. The molecule has 0 unspecified atom stereocenters. The quantitative estimate of drug-likeness (QED) is 0.384. The molecule has 0 bridgehead atoms. The first-order valence-electron chi connectivity index (χ1n) is 10.6. The second-order valence-electron chi connectivity index (χ2n) is 8.39. The van der Waals surface area contributed by atoms with Crippen LogP contribution in [0.3, 0.4) is 0 Å². The molecule has 2 nitrogen and oxygen atoms in total. The molecule has 0 saturated carbocycles. The third-order valence-electron chi connectivity index (χ3n) is 5.92. The molecule has 2 aromatic carbocycles. The van der Waals surface area contributed by atoms with Gasteiger partial charge in [-0.3, -0.25) is 0 Å². The minimum Gasteiger partial charge on any atom is -0.354 e. The number of para-hydroxylation sites is 1. The fourth-order valence-electron chi connectivity index (χ4n) is 4.90. The fraction of sp³-hybridized carbons (Fsp3) is 0.308. The molecule has 4 aromatic rings. The van der Waals surface area contributed by atoms with Crippen molar-refractivity contribution in [2.75, 3.05) is 0 Å². The summed E-state index contributed by atoms with van der Waals surface area (Å²) in [6.07, 6.45) is 11.5. The van der Waals surface area contributed by atoms with E-state index < -0.39 is 0 Å². The van der Waals surface area contributed by atoms with Crippen molar-refractivity contribution in [2.24, 2.45) is 5.92 Å². The minimum atomic E-state index is 0.635. The molecule has 0 aliphatic heterocycles. The van der Waals surface area contributed by atoms with E-state index >= 15 is 0 Å². The summed E-state index contributed by atoms with van der Waals surface area (Å²) in [5.41, 5.74) is 8.17. The Hall–Kier alpha value is -2.74. The van der Waals surface area contributed by atoms with Crippen molar-refractivity contribution in [3.05, 3.63) is 59.8 Å². The van der Waals surface area contributed by atoms with E-state index in [1.54, 1.807) is 0 Å². The van der Waals surface area contributed by atoms with Gasteiger partial charge in [0.1, 0.15) is 0 Å². The van der Waals surface area contributed by atoms with Crippen LogP contribution >= 0.6 is 0 Å². The van der Waals surface area contributed by atoms with Crippen molar-refractivity contribution < 1.29 is 0 Å². The Balaban J connectivity index is 1.93. The third kappa shape index (κ3) is 2.55. The Labute approximate surface area is 166 Å². The van der Waals surface area contributed by atoms with Crippen molar-refractivity contribution in [1.82, 2.24) is 9.55 Å². The maximum absolute atomic E-state index is 3.63. The first-order valence-corrected chi connectivity index (χ1v) is 10.6. The summed E-state index contributed by atoms with van der Waals surface area (Å²) < 4.78 is 2.55. The van der Waals surface area contributed by atoms with E-state index in [4.69, 9.17) is 0 Å². The Bertz CT molecular complexity index is 1240. The molecule has 1 aliphatic carbocycles. The number of aromatic nitrogens is 2. The molecule has 2 heterocycles. The molecule has 28 heavy (non-hydrogen) atoms. The number of rotatable bonds is 4. The minimum absolute atomic E-state index is 0.635. The molecule has 0 atom stereocenters. The van der Waals surface area contributed by atoms with Crippen LogP contribution < -0.4 is 0 Å². The first-order chi connectivity index (χ1) is 13.7. The van der Waals surface area contributed by atoms with E-state index in [-0.39, 0.29) is 0 Å². The van der Waals surface area contributed by atoms with Crippen molar-refractivity contribution in [2.45, 2.75) is 46.5 Å². The standard InChI is InChI=1S/C26H28N2/c1-4-9-18(16-17(2)3)28-23-13-8-6-11-20(23)26-24(28)15-14-22-25(26)19-10-5-7-12-21(19)27-22/h5,7-10,12-15,17,27H,4,6,11,16H2,1-3H3. The van der Waals surface area contributed by atoms with Crippen LogP contribution in [0.2, 0.25) is 0 Å². The second kappa shape index (κ2) is 6.70. The van der Waals surface area contributed by atoms with Crippen LogP contribution in [0.5, 0.6) is 0 Å². The molecule has 142 valence electrons. The summed E-state index contributed by atoms with van der Waals surface area (Å²) >= 11 is 0. The molecule has 2 heteroatoms. The lowest BCUT2D eigenvalue weighted by molar-refractivity contribution is 0.657. The Kier molecular flexibility index (Phi) is 4.16. The number of aromatic amines is 1. The molecular formula is C26H28N2. The number of benzene rings is 2. The van der Waals surface area contributed by atoms with E-state index in [0.29, 0.717) is 5.92 Å². The van der Waals surface area contributed by atoms with Gasteiger partial charge >= 0.3 is 0 Å². The number of nitrogens with zero attached hydrogens (tertiary/aromatic N) is 1. The van der Waals surface area contributed by atoms with E-state index in [0.717, 1.165) is 25.7 Å². The topological polar surface area (TPSA) is 20.7 Å². The third-order valence-corrected chi connectivity index (χ3v) is 5.92. The summed E-state index contributed by atoms with van der Waals surface area (Å²) in [5.74, 6) is 0.635. The summed E-state index contributed by atoms with van der Waals surface area (Å²) in [4.78, 5) is 3.63. The maximum atomic E-state index is 3.63.